The molecule has 0 aliphatic carbocycles. The Morgan fingerprint density at radius 3 is 2.06 bits per heavy atom. The average Bonchev–Trinajstić information content (AvgIpc) is 2.15. The van der Waals surface area contributed by atoms with Crippen LogP contribution in [0, 0.1) is 13.8 Å². The van der Waals surface area contributed by atoms with E-state index in [-0.39, 0.29) is 12.1 Å². The number of rotatable bonds is 4. The summed E-state index contributed by atoms with van der Waals surface area (Å²) in [5, 5.41) is 9.31. The lowest BCUT2D eigenvalue weighted by Crippen LogP contribution is -2.43. The lowest BCUT2D eigenvalue weighted by molar-refractivity contribution is 0.0734. The van der Waals surface area contributed by atoms with E-state index in [0.717, 1.165) is 6.54 Å². The van der Waals surface area contributed by atoms with Crippen LogP contribution in [0.1, 0.15) is 30.5 Å². The molecular formula is C14H23NO. The molecule has 0 aliphatic rings. The molecule has 0 bridgehead atoms. The minimum Gasteiger partial charge on any atom is -0.394 e. The number of aryl methyl sites for hydroxylation is 2. The second-order valence-electron chi connectivity index (χ2n) is 5.32. The van der Waals surface area contributed by atoms with Crippen molar-refractivity contribution in [2.24, 2.45) is 0 Å². The molecule has 0 fully saturated rings. The standard InChI is InChI=1S/C14H23NO/c1-11-6-12(2)8-13(7-11)9-15(5)14(3,4)10-16/h6-8,16H,9-10H2,1-5H3. The molecule has 1 N–H and O–H groups in total. The number of aliphatic hydroxyl groups is 1. The Bertz CT molecular complexity index is 338. The lowest BCUT2D eigenvalue weighted by Gasteiger charge is -2.34. The topological polar surface area (TPSA) is 23.5 Å². The van der Waals surface area contributed by atoms with Crippen LogP contribution < -0.4 is 0 Å². The predicted octanol–water partition coefficient (Wildman–Crippen LogP) is 2.51. The third-order valence-corrected chi connectivity index (χ3v) is 3.12. The summed E-state index contributed by atoms with van der Waals surface area (Å²) in [5.74, 6) is 0. The van der Waals surface area contributed by atoms with Gasteiger partial charge >= 0.3 is 0 Å². The zero-order valence-corrected chi connectivity index (χ0v) is 11.0. The summed E-state index contributed by atoms with van der Waals surface area (Å²) in [6.07, 6.45) is 0. The fourth-order valence-electron chi connectivity index (χ4n) is 1.77. The van der Waals surface area contributed by atoms with Crippen molar-refractivity contribution in [2.75, 3.05) is 13.7 Å². The van der Waals surface area contributed by atoms with Gasteiger partial charge in [0.15, 0.2) is 0 Å². The van der Waals surface area contributed by atoms with Gasteiger partial charge in [-0.1, -0.05) is 29.3 Å². The van der Waals surface area contributed by atoms with Gasteiger partial charge in [0.1, 0.15) is 0 Å². The Balaban J connectivity index is 2.80. The Labute approximate surface area is 98.9 Å². The van der Waals surface area contributed by atoms with Crippen molar-refractivity contribution in [3.63, 3.8) is 0 Å². The molecule has 1 aromatic carbocycles. The second kappa shape index (κ2) is 4.98. The van der Waals surface area contributed by atoms with Crippen LogP contribution in [0.3, 0.4) is 0 Å². The van der Waals surface area contributed by atoms with Gasteiger partial charge in [0.05, 0.1) is 6.61 Å². The number of hydrogen-bond acceptors (Lipinski definition) is 2. The summed E-state index contributed by atoms with van der Waals surface area (Å²) >= 11 is 0. The van der Waals surface area contributed by atoms with E-state index in [4.69, 9.17) is 0 Å². The number of likely N-dealkylation sites (N-methyl/N-ethyl adjacent to an activating group) is 1. The molecular weight excluding hydrogens is 198 g/mol. The Morgan fingerprint density at radius 2 is 1.62 bits per heavy atom. The molecule has 0 aliphatic heterocycles. The molecule has 1 rings (SSSR count). The molecule has 0 spiro atoms. The quantitative estimate of drug-likeness (QED) is 0.844. The Kier molecular flexibility index (Phi) is 4.11. The van der Waals surface area contributed by atoms with Crippen molar-refractivity contribution in [2.45, 2.75) is 39.8 Å². The van der Waals surface area contributed by atoms with Crippen molar-refractivity contribution in [1.82, 2.24) is 4.90 Å². The Hall–Kier alpha value is -0.860. The number of hydrogen-bond donors (Lipinski definition) is 1. The molecule has 0 radical (unpaired) electrons. The monoisotopic (exact) mass is 221 g/mol. The maximum atomic E-state index is 9.31. The smallest absolute Gasteiger partial charge is 0.0610 e. The summed E-state index contributed by atoms with van der Waals surface area (Å²) in [4.78, 5) is 2.18. The summed E-state index contributed by atoms with van der Waals surface area (Å²) in [6.45, 7) is 9.39. The first-order valence-electron chi connectivity index (χ1n) is 5.74. The van der Waals surface area contributed by atoms with Crippen LogP contribution in [-0.2, 0) is 6.54 Å². The van der Waals surface area contributed by atoms with Crippen molar-refractivity contribution >= 4 is 0 Å². The van der Waals surface area contributed by atoms with Crippen molar-refractivity contribution in [1.29, 1.82) is 0 Å². The van der Waals surface area contributed by atoms with Gasteiger partial charge in [-0.05, 0) is 40.3 Å². The number of aliphatic hydroxyl groups excluding tert-OH is 1. The first-order valence-corrected chi connectivity index (χ1v) is 5.74. The van der Waals surface area contributed by atoms with E-state index in [2.05, 4.69) is 50.8 Å². The molecule has 2 heteroatoms. The second-order valence-corrected chi connectivity index (χ2v) is 5.32. The summed E-state index contributed by atoms with van der Waals surface area (Å²) in [7, 11) is 2.05. The SMILES string of the molecule is Cc1cc(C)cc(CN(C)C(C)(C)CO)c1. The molecule has 0 atom stereocenters. The van der Waals surface area contributed by atoms with Crippen LogP contribution in [-0.4, -0.2) is 29.2 Å². The van der Waals surface area contributed by atoms with Gasteiger partial charge in [-0.15, -0.1) is 0 Å². The average molecular weight is 221 g/mol. The fraction of sp³-hybridized carbons (Fsp3) is 0.571. The highest BCUT2D eigenvalue weighted by atomic mass is 16.3. The molecule has 0 unspecified atom stereocenters. The maximum Gasteiger partial charge on any atom is 0.0610 e. The van der Waals surface area contributed by atoms with Crippen molar-refractivity contribution in [3.05, 3.63) is 34.9 Å². The molecule has 0 amide bonds. The van der Waals surface area contributed by atoms with Gasteiger partial charge in [0, 0.05) is 12.1 Å². The first-order chi connectivity index (χ1) is 7.35. The summed E-state index contributed by atoms with van der Waals surface area (Å²) in [6, 6.07) is 6.59. The first kappa shape index (κ1) is 13.2. The third kappa shape index (κ3) is 3.32. The van der Waals surface area contributed by atoms with Crippen LogP contribution in [0.25, 0.3) is 0 Å². The van der Waals surface area contributed by atoms with Crippen LogP contribution >= 0.6 is 0 Å². The summed E-state index contributed by atoms with van der Waals surface area (Å²) < 4.78 is 0. The zero-order valence-electron chi connectivity index (χ0n) is 11.0. The minimum absolute atomic E-state index is 0.169. The maximum absolute atomic E-state index is 9.31. The van der Waals surface area contributed by atoms with Gasteiger partial charge in [0.25, 0.3) is 0 Å². The molecule has 0 saturated carbocycles. The van der Waals surface area contributed by atoms with Crippen LogP contribution in [0.15, 0.2) is 18.2 Å². The van der Waals surface area contributed by atoms with Crippen LogP contribution in [0.5, 0.6) is 0 Å². The highest BCUT2D eigenvalue weighted by Crippen LogP contribution is 2.17. The molecule has 1 aromatic rings. The molecule has 0 aromatic heterocycles. The van der Waals surface area contributed by atoms with Gasteiger partial charge in [-0.3, -0.25) is 4.90 Å². The molecule has 90 valence electrons. The van der Waals surface area contributed by atoms with Gasteiger partial charge in [0.2, 0.25) is 0 Å². The van der Waals surface area contributed by atoms with E-state index in [1.54, 1.807) is 0 Å². The number of benzene rings is 1. The molecule has 2 nitrogen and oxygen atoms in total. The third-order valence-electron chi connectivity index (χ3n) is 3.12. The molecule has 0 heterocycles. The van der Waals surface area contributed by atoms with Crippen molar-refractivity contribution in [3.8, 4) is 0 Å². The molecule has 0 saturated heterocycles. The van der Waals surface area contributed by atoms with E-state index in [1.165, 1.54) is 16.7 Å². The van der Waals surface area contributed by atoms with E-state index in [0.29, 0.717) is 0 Å². The fourth-order valence-corrected chi connectivity index (χ4v) is 1.77. The van der Waals surface area contributed by atoms with Gasteiger partial charge in [-0.2, -0.15) is 0 Å². The van der Waals surface area contributed by atoms with E-state index in [1.807, 2.05) is 7.05 Å². The van der Waals surface area contributed by atoms with Crippen molar-refractivity contribution < 1.29 is 5.11 Å². The van der Waals surface area contributed by atoms with Crippen LogP contribution in [0.2, 0.25) is 0 Å². The van der Waals surface area contributed by atoms with E-state index < -0.39 is 0 Å². The van der Waals surface area contributed by atoms with Gasteiger partial charge < -0.3 is 5.11 Å². The normalized spacial score (nSPS) is 12.2. The predicted molar refractivity (Wildman–Crippen MR) is 68.5 cm³/mol. The Morgan fingerprint density at radius 1 is 1.12 bits per heavy atom. The largest absolute Gasteiger partial charge is 0.394 e. The highest BCUT2D eigenvalue weighted by Gasteiger charge is 2.22. The highest BCUT2D eigenvalue weighted by molar-refractivity contribution is 5.28. The zero-order chi connectivity index (χ0) is 12.3. The summed E-state index contributed by atoms with van der Waals surface area (Å²) in [5.41, 5.74) is 3.73. The van der Waals surface area contributed by atoms with E-state index >= 15 is 0 Å². The minimum atomic E-state index is -0.169. The van der Waals surface area contributed by atoms with E-state index in [9.17, 15) is 5.11 Å². The van der Waals surface area contributed by atoms with Gasteiger partial charge in [-0.25, -0.2) is 0 Å². The molecule has 16 heavy (non-hydrogen) atoms. The lowest BCUT2D eigenvalue weighted by atomic mass is 10.0. The number of nitrogens with zero attached hydrogens (tertiary/aromatic N) is 1. The van der Waals surface area contributed by atoms with Crippen LogP contribution in [0.4, 0.5) is 0 Å².